The van der Waals surface area contributed by atoms with E-state index in [1.54, 1.807) is 16.2 Å². The first kappa shape index (κ1) is 18.5. The van der Waals surface area contributed by atoms with Crippen LogP contribution in [-0.2, 0) is 19.3 Å². The number of H-pyrrole nitrogens is 2. The zero-order chi connectivity index (χ0) is 19.8. The van der Waals surface area contributed by atoms with Gasteiger partial charge in [-0.1, -0.05) is 31.2 Å². The summed E-state index contributed by atoms with van der Waals surface area (Å²) in [6.07, 6.45) is 1.80. The predicted molar refractivity (Wildman–Crippen MR) is 111 cm³/mol. The number of aryl methyl sites for hydroxylation is 3. The van der Waals surface area contributed by atoms with E-state index in [1.165, 1.54) is 17.3 Å². The Morgan fingerprint density at radius 3 is 2.79 bits per heavy atom. The number of benzene rings is 1. The molecular weight excluding hydrogens is 376 g/mol. The van der Waals surface area contributed by atoms with Gasteiger partial charge in [0, 0.05) is 13.6 Å². The Labute approximate surface area is 165 Å². The van der Waals surface area contributed by atoms with E-state index in [-0.39, 0.29) is 0 Å². The van der Waals surface area contributed by atoms with Gasteiger partial charge < -0.3 is 9.55 Å². The number of aromatic amines is 2. The number of nitrogens with one attached hydrogen (secondary N) is 2. The predicted octanol–water partition coefficient (Wildman–Crippen LogP) is 2.70. The van der Waals surface area contributed by atoms with Gasteiger partial charge >= 0.3 is 5.69 Å². The lowest BCUT2D eigenvalue weighted by Gasteiger charge is -2.04. The van der Waals surface area contributed by atoms with Gasteiger partial charge in [-0.3, -0.25) is 14.3 Å². The molecule has 0 aliphatic rings. The van der Waals surface area contributed by atoms with Crippen LogP contribution < -0.4 is 11.2 Å². The van der Waals surface area contributed by atoms with Gasteiger partial charge in [0.1, 0.15) is 5.82 Å². The molecule has 1 aromatic carbocycles. The van der Waals surface area contributed by atoms with Gasteiger partial charge in [-0.2, -0.15) is 0 Å². The monoisotopic (exact) mass is 398 g/mol. The molecule has 0 saturated heterocycles. The third-order valence-corrected chi connectivity index (χ3v) is 5.66. The fourth-order valence-electron chi connectivity index (χ4n) is 3.25. The smallest absolute Gasteiger partial charge is 0.330 e. The van der Waals surface area contributed by atoms with Crippen LogP contribution in [-0.4, -0.2) is 29.1 Å². The standard InChI is InChI=1S/C19H22N6O2S/c1-4-5-8-25-16-15(17(26)23-19(25)27)24(3)14(22-16)10-28-18-20-12-7-6-11(2)9-13(12)21-18/h6-7,9H,4-5,8,10H2,1-3H3,(H,20,21)(H,23,26,27). The Morgan fingerprint density at radius 1 is 1.18 bits per heavy atom. The summed E-state index contributed by atoms with van der Waals surface area (Å²) in [4.78, 5) is 39.5. The molecule has 9 heteroatoms. The van der Waals surface area contributed by atoms with Crippen LogP contribution >= 0.6 is 11.8 Å². The molecule has 0 aliphatic heterocycles. The molecule has 8 nitrogen and oxygen atoms in total. The number of nitrogens with zero attached hydrogens (tertiary/aromatic N) is 4. The second kappa shape index (κ2) is 7.31. The van der Waals surface area contributed by atoms with Crippen molar-refractivity contribution in [2.75, 3.05) is 0 Å². The third kappa shape index (κ3) is 3.26. The molecule has 0 saturated carbocycles. The number of imidazole rings is 2. The molecule has 2 N–H and O–H groups in total. The van der Waals surface area contributed by atoms with E-state index < -0.39 is 11.2 Å². The number of hydrogen-bond donors (Lipinski definition) is 2. The fraction of sp³-hybridized carbons (Fsp3) is 0.368. The van der Waals surface area contributed by atoms with Crippen LogP contribution in [0, 0.1) is 6.92 Å². The molecular formula is C19H22N6O2S. The van der Waals surface area contributed by atoms with Crippen molar-refractivity contribution in [2.45, 2.75) is 44.1 Å². The lowest BCUT2D eigenvalue weighted by Crippen LogP contribution is -2.31. The third-order valence-electron chi connectivity index (χ3n) is 4.79. The van der Waals surface area contributed by atoms with Crippen LogP contribution in [0.3, 0.4) is 0 Å². The minimum atomic E-state index is -0.407. The van der Waals surface area contributed by atoms with E-state index in [4.69, 9.17) is 0 Å². The van der Waals surface area contributed by atoms with Crippen LogP contribution in [0.15, 0.2) is 32.9 Å². The average molecular weight is 398 g/mol. The summed E-state index contributed by atoms with van der Waals surface area (Å²) < 4.78 is 3.31. The van der Waals surface area contributed by atoms with E-state index in [9.17, 15) is 9.59 Å². The molecule has 0 radical (unpaired) electrons. The number of rotatable bonds is 6. The van der Waals surface area contributed by atoms with E-state index in [1.807, 2.05) is 19.1 Å². The van der Waals surface area contributed by atoms with Crippen molar-refractivity contribution in [3.63, 3.8) is 0 Å². The minimum Gasteiger partial charge on any atom is -0.333 e. The molecule has 4 aromatic rings. The van der Waals surface area contributed by atoms with Gasteiger partial charge in [0.05, 0.1) is 16.8 Å². The highest BCUT2D eigenvalue weighted by molar-refractivity contribution is 7.98. The maximum Gasteiger partial charge on any atom is 0.330 e. The molecule has 0 unspecified atom stereocenters. The zero-order valence-corrected chi connectivity index (χ0v) is 16.9. The molecule has 0 amide bonds. The van der Waals surface area contributed by atoms with Gasteiger partial charge in [-0.25, -0.2) is 14.8 Å². The average Bonchev–Trinajstić information content (AvgIpc) is 3.20. The van der Waals surface area contributed by atoms with Crippen LogP contribution in [0.1, 0.15) is 31.2 Å². The number of hydrogen-bond acceptors (Lipinski definition) is 5. The maximum absolute atomic E-state index is 12.3. The van der Waals surface area contributed by atoms with E-state index in [0.29, 0.717) is 23.5 Å². The lowest BCUT2D eigenvalue weighted by atomic mass is 10.2. The minimum absolute atomic E-state index is 0.404. The van der Waals surface area contributed by atoms with Crippen LogP contribution in [0.2, 0.25) is 0 Å². The molecule has 0 aliphatic carbocycles. The summed E-state index contributed by atoms with van der Waals surface area (Å²) in [6, 6.07) is 6.09. The van der Waals surface area contributed by atoms with Crippen molar-refractivity contribution in [2.24, 2.45) is 7.05 Å². The summed E-state index contributed by atoms with van der Waals surface area (Å²) in [5.74, 6) is 1.25. The van der Waals surface area contributed by atoms with Gasteiger partial charge in [-0.15, -0.1) is 0 Å². The Kier molecular flexibility index (Phi) is 4.84. The Morgan fingerprint density at radius 2 is 2.00 bits per heavy atom. The highest BCUT2D eigenvalue weighted by Gasteiger charge is 2.17. The van der Waals surface area contributed by atoms with Crippen LogP contribution in [0.25, 0.3) is 22.2 Å². The Balaban J connectivity index is 1.68. The normalized spacial score (nSPS) is 11.7. The van der Waals surface area contributed by atoms with Crippen molar-refractivity contribution < 1.29 is 0 Å². The van der Waals surface area contributed by atoms with Crippen molar-refractivity contribution in [1.82, 2.24) is 29.1 Å². The molecule has 3 aromatic heterocycles. The van der Waals surface area contributed by atoms with Gasteiger partial charge in [0.25, 0.3) is 5.56 Å². The first-order valence-corrected chi connectivity index (χ1v) is 10.2. The van der Waals surface area contributed by atoms with E-state index >= 15 is 0 Å². The highest BCUT2D eigenvalue weighted by Crippen LogP contribution is 2.24. The first-order chi connectivity index (χ1) is 13.5. The number of fused-ring (bicyclic) bond motifs is 2. The molecule has 0 atom stereocenters. The summed E-state index contributed by atoms with van der Waals surface area (Å²) in [6.45, 7) is 4.64. The van der Waals surface area contributed by atoms with Crippen LogP contribution in [0.4, 0.5) is 0 Å². The Bertz CT molecular complexity index is 1280. The first-order valence-electron chi connectivity index (χ1n) is 9.25. The van der Waals surface area contributed by atoms with Crippen molar-refractivity contribution >= 4 is 34.0 Å². The molecule has 0 fully saturated rings. The topological polar surface area (TPSA) is 101 Å². The fourth-order valence-corrected chi connectivity index (χ4v) is 4.11. The summed E-state index contributed by atoms with van der Waals surface area (Å²) in [7, 11) is 1.80. The SMILES string of the molecule is CCCCn1c(=O)[nH]c(=O)c2c1nc(CSc1nc3ccc(C)cc3[nH]1)n2C. The number of thioether (sulfide) groups is 1. The van der Waals surface area contributed by atoms with Crippen molar-refractivity contribution in [1.29, 1.82) is 0 Å². The van der Waals surface area contributed by atoms with E-state index in [2.05, 4.69) is 32.9 Å². The van der Waals surface area contributed by atoms with Gasteiger partial charge in [0.15, 0.2) is 16.3 Å². The van der Waals surface area contributed by atoms with E-state index in [0.717, 1.165) is 34.9 Å². The van der Waals surface area contributed by atoms with Gasteiger partial charge in [0.2, 0.25) is 0 Å². The van der Waals surface area contributed by atoms with Crippen molar-refractivity contribution in [3.8, 4) is 0 Å². The van der Waals surface area contributed by atoms with Crippen LogP contribution in [0.5, 0.6) is 0 Å². The second-order valence-electron chi connectivity index (χ2n) is 6.87. The largest absolute Gasteiger partial charge is 0.333 e. The van der Waals surface area contributed by atoms with Gasteiger partial charge in [-0.05, 0) is 31.0 Å². The quantitative estimate of drug-likeness (QED) is 0.486. The highest BCUT2D eigenvalue weighted by atomic mass is 32.2. The van der Waals surface area contributed by atoms with Crippen molar-refractivity contribution in [3.05, 3.63) is 50.4 Å². The second-order valence-corrected chi connectivity index (χ2v) is 7.84. The molecule has 146 valence electrons. The lowest BCUT2D eigenvalue weighted by molar-refractivity contribution is 0.613. The maximum atomic E-state index is 12.3. The Hall–Kier alpha value is -2.81. The summed E-state index contributed by atoms with van der Waals surface area (Å²) in [5, 5.41) is 0.796. The summed E-state index contributed by atoms with van der Waals surface area (Å²) in [5.41, 5.74) is 3.15. The number of aromatic nitrogens is 6. The number of unbranched alkanes of at least 4 members (excludes halogenated alkanes) is 1. The molecule has 4 rings (SSSR count). The summed E-state index contributed by atoms with van der Waals surface area (Å²) >= 11 is 1.52. The molecule has 28 heavy (non-hydrogen) atoms. The zero-order valence-electron chi connectivity index (χ0n) is 16.1. The molecule has 0 bridgehead atoms. The molecule has 3 heterocycles. The molecule has 0 spiro atoms.